The minimum atomic E-state index is -0.911. The van der Waals surface area contributed by atoms with Gasteiger partial charge in [0.05, 0.1) is 18.9 Å². The van der Waals surface area contributed by atoms with Gasteiger partial charge in [-0.25, -0.2) is 0 Å². The summed E-state index contributed by atoms with van der Waals surface area (Å²) in [6.45, 7) is 1.56. The lowest BCUT2D eigenvalue weighted by molar-refractivity contribution is -0.159. The van der Waals surface area contributed by atoms with Crippen LogP contribution in [0.5, 0.6) is 5.75 Å². The van der Waals surface area contributed by atoms with Gasteiger partial charge in [0, 0.05) is 11.9 Å². The summed E-state index contributed by atoms with van der Waals surface area (Å²) in [6.07, 6.45) is 3.36. The normalized spacial score (nSPS) is 16.7. The van der Waals surface area contributed by atoms with Crippen molar-refractivity contribution in [2.24, 2.45) is 0 Å². The van der Waals surface area contributed by atoms with Crippen LogP contribution in [-0.4, -0.2) is 48.3 Å². The molecule has 146 valence electrons. The zero-order chi connectivity index (χ0) is 19.9. The molecule has 0 radical (unpaired) electrons. The van der Waals surface area contributed by atoms with Gasteiger partial charge in [0.15, 0.2) is 6.10 Å². The van der Waals surface area contributed by atoms with Crippen LogP contribution in [0, 0.1) is 11.3 Å². The molecular formula is C20H26N2O4S. The van der Waals surface area contributed by atoms with Gasteiger partial charge in [0.25, 0.3) is 5.91 Å². The summed E-state index contributed by atoms with van der Waals surface area (Å²) in [7, 11) is 3.23. The van der Waals surface area contributed by atoms with Crippen molar-refractivity contribution in [2.75, 3.05) is 19.9 Å². The number of amides is 1. The number of nitrogens with zero attached hydrogens (tertiary/aromatic N) is 2. The highest BCUT2D eigenvalue weighted by Crippen LogP contribution is 2.33. The number of rotatable bonds is 7. The Morgan fingerprint density at radius 1 is 1.26 bits per heavy atom. The zero-order valence-electron chi connectivity index (χ0n) is 16.1. The molecule has 0 bridgehead atoms. The standard InChI is InChI=1S/C20H26N2O4S/c1-15(19(24)22(2)20(14-21)11-5-4-6-12-20)26-18(23)13-27-17-9-7-16(25-3)8-10-17/h7-10,15H,4-6,11-13H2,1-3H3/t15-/m1/s1. The van der Waals surface area contributed by atoms with Crippen molar-refractivity contribution in [3.8, 4) is 11.8 Å². The molecule has 0 heterocycles. The lowest BCUT2D eigenvalue weighted by Crippen LogP contribution is -2.53. The summed E-state index contributed by atoms with van der Waals surface area (Å²) in [6, 6.07) is 9.67. The fourth-order valence-corrected chi connectivity index (χ4v) is 3.92. The quantitative estimate of drug-likeness (QED) is 0.524. The second kappa shape index (κ2) is 9.65. The maximum absolute atomic E-state index is 12.7. The van der Waals surface area contributed by atoms with E-state index in [0.29, 0.717) is 12.8 Å². The number of likely N-dealkylation sites (N-methyl/N-ethyl adjacent to an activating group) is 1. The molecule has 0 unspecified atom stereocenters. The molecule has 1 fully saturated rings. The van der Waals surface area contributed by atoms with E-state index < -0.39 is 17.6 Å². The molecule has 1 aromatic carbocycles. The van der Waals surface area contributed by atoms with Gasteiger partial charge in [0.1, 0.15) is 11.3 Å². The Kier molecular flexibility index (Phi) is 7.55. The summed E-state index contributed by atoms with van der Waals surface area (Å²) < 4.78 is 10.4. The van der Waals surface area contributed by atoms with Gasteiger partial charge in [-0.2, -0.15) is 5.26 Å². The highest BCUT2D eigenvalue weighted by Gasteiger charge is 2.40. The highest BCUT2D eigenvalue weighted by molar-refractivity contribution is 8.00. The van der Waals surface area contributed by atoms with E-state index in [1.165, 1.54) is 16.7 Å². The summed E-state index contributed by atoms with van der Waals surface area (Å²) in [5.41, 5.74) is -0.784. The lowest BCUT2D eigenvalue weighted by Gasteiger charge is -2.39. The first-order chi connectivity index (χ1) is 12.9. The molecule has 1 amide bonds. The zero-order valence-corrected chi connectivity index (χ0v) is 16.9. The van der Waals surface area contributed by atoms with Gasteiger partial charge in [-0.05, 0) is 44.0 Å². The van der Waals surface area contributed by atoms with Gasteiger partial charge in [-0.15, -0.1) is 11.8 Å². The Bertz CT molecular complexity index is 693. The first-order valence-corrected chi connectivity index (χ1v) is 10.1. The van der Waals surface area contributed by atoms with Crippen molar-refractivity contribution in [3.05, 3.63) is 24.3 Å². The number of nitriles is 1. The van der Waals surface area contributed by atoms with E-state index in [-0.39, 0.29) is 11.7 Å². The first-order valence-electron chi connectivity index (χ1n) is 9.07. The van der Waals surface area contributed by atoms with Crippen LogP contribution >= 0.6 is 11.8 Å². The third-order valence-electron chi connectivity index (χ3n) is 4.93. The fraction of sp³-hybridized carbons (Fsp3) is 0.550. The maximum Gasteiger partial charge on any atom is 0.317 e. The number of esters is 1. The van der Waals surface area contributed by atoms with E-state index in [4.69, 9.17) is 9.47 Å². The third-order valence-corrected chi connectivity index (χ3v) is 5.92. The highest BCUT2D eigenvalue weighted by atomic mass is 32.2. The predicted octanol–water partition coefficient (Wildman–Crippen LogP) is 3.40. The second-order valence-corrected chi connectivity index (χ2v) is 7.75. The van der Waals surface area contributed by atoms with Gasteiger partial charge >= 0.3 is 5.97 Å². The van der Waals surface area contributed by atoms with Crippen LogP contribution in [0.25, 0.3) is 0 Å². The Balaban J connectivity index is 1.87. The summed E-state index contributed by atoms with van der Waals surface area (Å²) in [5.74, 6) is 0.0659. The maximum atomic E-state index is 12.7. The van der Waals surface area contributed by atoms with Crippen LogP contribution < -0.4 is 4.74 Å². The molecule has 0 aliphatic heterocycles. The minimum Gasteiger partial charge on any atom is -0.497 e. The van der Waals surface area contributed by atoms with Crippen LogP contribution in [0.3, 0.4) is 0 Å². The Labute approximate surface area is 164 Å². The molecule has 6 nitrogen and oxygen atoms in total. The largest absolute Gasteiger partial charge is 0.497 e. The minimum absolute atomic E-state index is 0.108. The number of ether oxygens (including phenoxy) is 2. The van der Waals surface area contributed by atoms with E-state index in [1.54, 1.807) is 21.1 Å². The van der Waals surface area contributed by atoms with Crippen molar-refractivity contribution >= 4 is 23.6 Å². The van der Waals surface area contributed by atoms with Crippen LogP contribution in [0.2, 0.25) is 0 Å². The number of hydrogen-bond donors (Lipinski definition) is 0. The van der Waals surface area contributed by atoms with Crippen molar-refractivity contribution in [3.63, 3.8) is 0 Å². The van der Waals surface area contributed by atoms with Crippen LogP contribution in [0.4, 0.5) is 0 Å². The lowest BCUT2D eigenvalue weighted by atomic mass is 9.81. The second-order valence-electron chi connectivity index (χ2n) is 6.70. The molecular weight excluding hydrogens is 364 g/mol. The van der Waals surface area contributed by atoms with Crippen molar-refractivity contribution in [2.45, 2.75) is 55.6 Å². The Morgan fingerprint density at radius 2 is 1.89 bits per heavy atom. The van der Waals surface area contributed by atoms with E-state index in [2.05, 4.69) is 6.07 Å². The van der Waals surface area contributed by atoms with E-state index in [9.17, 15) is 14.9 Å². The van der Waals surface area contributed by atoms with Crippen molar-refractivity contribution in [1.82, 2.24) is 4.90 Å². The van der Waals surface area contributed by atoms with Crippen molar-refractivity contribution in [1.29, 1.82) is 5.26 Å². The molecule has 2 rings (SSSR count). The van der Waals surface area contributed by atoms with Gasteiger partial charge in [-0.1, -0.05) is 19.3 Å². The average molecular weight is 391 g/mol. The molecule has 1 aliphatic rings. The van der Waals surface area contributed by atoms with Crippen molar-refractivity contribution < 1.29 is 19.1 Å². The SMILES string of the molecule is COc1ccc(SCC(=O)O[C@H](C)C(=O)N(C)C2(C#N)CCCCC2)cc1. The topological polar surface area (TPSA) is 79.6 Å². The van der Waals surface area contributed by atoms with E-state index in [0.717, 1.165) is 29.9 Å². The molecule has 1 aliphatic carbocycles. The number of carbonyl (C=O) groups is 2. The number of thioether (sulfide) groups is 1. The number of hydrogen-bond acceptors (Lipinski definition) is 6. The van der Waals surface area contributed by atoms with Crippen LogP contribution in [0.15, 0.2) is 29.2 Å². The third kappa shape index (κ3) is 5.39. The number of benzene rings is 1. The van der Waals surface area contributed by atoms with Gasteiger partial charge < -0.3 is 14.4 Å². The molecule has 0 N–H and O–H groups in total. The number of carbonyl (C=O) groups excluding carboxylic acids is 2. The molecule has 27 heavy (non-hydrogen) atoms. The molecule has 0 spiro atoms. The predicted molar refractivity (Wildman–Crippen MR) is 103 cm³/mol. The summed E-state index contributed by atoms with van der Waals surface area (Å²) in [4.78, 5) is 27.1. The molecule has 1 atom stereocenters. The molecule has 7 heteroatoms. The molecule has 0 saturated heterocycles. The Hall–Kier alpha value is -2.20. The van der Waals surface area contributed by atoms with Crippen LogP contribution in [-0.2, 0) is 14.3 Å². The Morgan fingerprint density at radius 3 is 2.44 bits per heavy atom. The number of methoxy groups -OCH3 is 1. The fourth-order valence-electron chi connectivity index (χ4n) is 3.24. The monoisotopic (exact) mass is 390 g/mol. The first kappa shape index (κ1) is 21.1. The van der Waals surface area contributed by atoms with E-state index in [1.807, 2.05) is 24.3 Å². The van der Waals surface area contributed by atoms with Crippen LogP contribution in [0.1, 0.15) is 39.0 Å². The van der Waals surface area contributed by atoms with Gasteiger partial charge in [0.2, 0.25) is 0 Å². The molecule has 1 saturated carbocycles. The molecule has 0 aromatic heterocycles. The smallest absolute Gasteiger partial charge is 0.317 e. The van der Waals surface area contributed by atoms with E-state index >= 15 is 0 Å². The van der Waals surface area contributed by atoms with Gasteiger partial charge in [-0.3, -0.25) is 9.59 Å². The molecule has 1 aromatic rings. The summed E-state index contributed by atoms with van der Waals surface area (Å²) >= 11 is 1.33. The summed E-state index contributed by atoms with van der Waals surface area (Å²) in [5, 5.41) is 9.61. The average Bonchev–Trinajstić information content (AvgIpc) is 2.71.